The first-order chi connectivity index (χ1) is 18.4. The first-order valence-electron chi connectivity index (χ1n) is 12.3. The van der Waals surface area contributed by atoms with Gasteiger partial charge in [0.25, 0.3) is 0 Å². The van der Waals surface area contributed by atoms with Crippen LogP contribution in [-0.2, 0) is 32.9 Å². The van der Waals surface area contributed by atoms with Crippen molar-refractivity contribution in [1.29, 1.82) is 0 Å². The maximum Gasteiger partial charge on any atom is 0.250 e. The van der Waals surface area contributed by atoms with Gasteiger partial charge in [-0.3, -0.25) is 24.6 Å². The quantitative estimate of drug-likeness (QED) is 0.307. The molecule has 10 heteroatoms. The first-order valence-corrected chi connectivity index (χ1v) is 12.3. The number of phenols is 2. The van der Waals surface area contributed by atoms with Crippen LogP contribution >= 0.6 is 0 Å². The van der Waals surface area contributed by atoms with E-state index in [1.54, 1.807) is 48.5 Å². The first kappa shape index (κ1) is 22.6. The van der Waals surface area contributed by atoms with E-state index in [0.29, 0.717) is 33.9 Å². The molecule has 3 aromatic carbocycles. The van der Waals surface area contributed by atoms with Crippen LogP contribution in [0.1, 0.15) is 16.7 Å². The fourth-order valence-corrected chi connectivity index (χ4v) is 6.32. The van der Waals surface area contributed by atoms with E-state index >= 15 is 0 Å². The summed E-state index contributed by atoms with van der Waals surface area (Å²) < 4.78 is 10.8. The van der Waals surface area contributed by atoms with Crippen molar-refractivity contribution in [2.75, 3.05) is 12.1 Å². The molecule has 0 radical (unpaired) electrons. The number of hydrogen-bond acceptors (Lipinski definition) is 8. The summed E-state index contributed by atoms with van der Waals surface area (Å²) in [7, 11) is 0. The largest absolute Gasteiger partial charge is 0.504 e. The predicted molar refractivity (Wildman–Crippen MR) is 132 cm³/mol. The number of ether oxygens (including phenoxy) is 2. The minimum atomic E-state index is -1.42. The molecule has 0 bridgehead atoms. The Morgan fingerprint density at radius 1 is 0.895 bits per heavy atom. The minimum Gasteiger partial charge on any atom is -0.504 e. The summed E-state index contributed by atoms with van der Waals surface area (Å²) in [5.41, 5.74) is 1.16. The van der Waals surface area contributed by atoms with Crippen molar-refractivity contribution in [2.24, 2.45) is 11.8 Å². The summed E-state index contributed by atoms with van der Waals surface area (Å²) in [6.07, 6.45) is 0.253. The number of anilines is 1. The highest BCUT2D eigenvalue weighted by atomic mass is 16.7. The van der Waals surface area contributed by atoms with Gasteiger partial charge in [0.05, 0.1) is 18.4 Å². The normalized spacial score (nSPS) is 26.7. The second-order valence-electron chi connectivity index (χ2n) is 10.0. The Kier molecular flexibility index (Phi) is 4.74. The maximum atomic E-state index is 14.0. The smallest absolute Gasteiger partial charge is 0.250 e. The molecule has 1 spiro atoms. The van der Waals surface area contributed by atoms with E-state index in [1.807, 2.05) is 0 Å². The summed E-state index contributed by atoms with van der Waals surface area (Å²) in [6.45, 7) is 0.148. The second-order valence-corrected chi connectivity index (χ2v) is 10.0. The fourth-order valence-electron chi connectivity index (χ4n) is 6.32. The lowest BCUT2D eigenvalue weighted by Crippen LogP contribution is -2.53. The molecule has 4 aliphatic rings. The number of fused-ring (bicyclic) bond motifs is 5. The Hall–Kier alpha value is -4.57. The average molecular weight is 514 g/mol. The fraction of sp³-hybridized carbons (Fsp3) is 0.250. The van der Waals surface area contributed by atoms with Crippen LogP contribution in [0.5, 0.6) is 23.0 Å². The van der Waals surface area contributed by atoms with E-state index in [0.717, 1.165) is 0 Å². The predicted octanol–water partition coefficient (Wildman–Crippen LogP) is 1.99. The Morgan fingerprint density at radius 3 is 2.53 bits per heavy atom. The molecule has 0 unspecified atom stereocenters. The van der Waals surface area contributed by atoms with Gasteiger partial charge < -0.3 is 25.0 Å². The molecule has 0 aliphatic carbocycles. The Morgan fingerprint density at radius 2 is 1.68 bits per heavy atom. The van der Waals surface area contributed by atoms with Crippen LogP contribution in [0.2, 0.25) is 0 Å². The van der Waals surface area contributed by atoms with Gasteiger partial charge in [-0.2, -0.15) is 0 Å². The maximum absolute atomic E-state index is 14.0. The second kappa shape index (κ2) is 7.96. The number of amides is 3. The third-order valence-corrected chi connectivity index (χ3v) is 7.99. The lowest BCUT2D eigenvalue weighted by molar-refractivity contribution is -0.143. The zero-order valence-electron chi connectivity index (χ0n) is 20.0. The van der Waals surface area contributed by atoms with Gasteiger partial charge in [-0.05, 0) is 47.9 Å². The van der Waals surface area contributed by atoms with Gasteiger partial charge in [0.2, 0.25) is 24.5 Å². The number of rotatable bonds is 4. The Labute approximate surface area is 216 Å². The molecule has 4 atom stereocenters. The van der Waals surface area contributed by atoms with Crippen molar-refractivity contribution < 1.29 is 34.1 Å². The van der Waals surface area contributed by atoms with E-state index in [4.69, 9.17) is 9.47 Å². The number of aromatic hydroxyl groups is 2. The number of nitrogens with one attached hydrogen (secondary N) is 2. The molecule has 0 saturated carbocycles. The summed E-state index contributed by atoms with van der Waals surface area (Å²) in [4.78, 5) is 42.7. The number of benzene rings is 3. The summed E-state index contributed by atoms with van der Waals surface area (Å²) >= 11 is 0. The van der Waals surface area contributed by atoms with Crippen molar-refractivity contribution in [3.05, 3.63) is 77.4 Å². The van der Waals surface area contributed by atoms with E-state index < -0.39 is 29.3 Å². The van der Waals surface area contributed by atoms with Crippen LogP contribution in [-0.4, -0.2) is 45.7 Å². The molecular weight excluding hydrogens is 490 g/mol. The number of carbonyl (C=O) groups excluding carboxylic acids is 3. The van der Waals surface area contributed by atoms with Crippen molar-refractivity contribution in [1.82, 2.24) is 10.2 Å². The molecular formula is C28H23N3O7. The van der Waals surface area contributed by atoms with Crippen LogP contribution in [0.25, 0.3) is 0 Å². The van der Waals surface area contributed by atoms with Crippen molar-refractivity contribution >= 4 is 23.4 Å². The van der Waals surface area contributed by atoms with Gasteiger partial charge in [-0.15, -0.1) is 0 Å². The monoisotopic (exact) mass is 513 g/mol. The van der Waals surface area contributed by atoms with Gasteiger partial charge in [-0.25, -0.2) is 0 Å². The molecule has 4 heterocycles. The standard InChI is InChI=1S/C28H23N3O7/c32-19-7-5-14(10-20(19)33)9-18-23-24(28(30-18)16-3-1-2-4-17(16)29-27(28)36)26(35)31(25(23)34)12-15-6-8-21-22(11-15)38-13-37-21/h1-8,10-11,18,23-24,30,32-33H,9,12-13H2,(H,29,36)/t18-,23+,24+,28+/m0/s1. The van der Waals surface area contributed by atoms with Crippen molar-refractivity contribution in [2.45, 2.75) is 24.5 Å². The highest BCUT2D eigenvalue weighted by Crippen LogP contribution is 2.53. The third kappa shape index (κ3) is 3.07. The van der Waals surface area contributed by atoms with Crippen LogP contribution in [0.3, 0.4) is 0 Å². The number of carbonyl (C=O) groups is 3. The summed E-state index contributed by atoms with van der Waals surface area (Å²) in [6, 6.07) is 16.3. The molecule has 7 rings (SSSR count). The molecule has 4 aliphatic heterocycles. The topological polar surface area (TPSA) is 137 Å². The Bertz CT molecular complexity index is 1540. The number of hydrogen-bond donors (Lipinski definition) is 4. The molecule has 2 saturated heterocycles. The summed E-state index contributed by atoms with van der Waals surface area (Å²) in [5.74, 6) is -2.33. The van der Waals surface area contributed by atoms with E-state index in [1.165, 1.54) is 17.0 Å². The van der Waals surface area contributed by atoms with E-state index in [9.17, 15) is 24.6 Å². The van der Waals surface area contributed by atoms with Crippen molar-refractivity contribution in [3.8, 4) is 23.0 Å². The van der Waals surface area contributed by atoms with Crippen LogP contribution in [0.4, 0.5) is 5.69 Å². The minimum absolute atomic E-state index is 0.0351. The number of phenolic OH excluding ortho intramolecular Hbond substituents is 2. The molecule has 2 fully saturated rings. The van der Waals surface area contributed by atoms with Gasteiger partial charge in [0.1, 0.15) is 5.54 Å². The number of likely N-dealkylation sites (tertiary alicyclic amines) is 1. The molecule has 3 amide bonds. The van der Waals surface area contributed by atoms with Crippen LogP contribution in [0, 0.1) is 11.8 Å². The van der Waals surface area contributed by atoms with Gasteiger partial charge in [0, 0.05) is 17.3 Å². The number of para-hydroxylation sites is 1. The zero-order chi connectivity index (χ0) is 26.2. The van der Waals surface area contributed by atoms with E-state index in [2.05, 4.69) is 10.6 Å². The third-order valence-electron chi connectivity index (χ3n) is 7.99. The SMILES string of the molecule is O=C1[C@@H]2[C@H](Cc3ccc(O)c(O)c3)N[C@@]3(C(=O)Nc4ccccc43)[C@H]2C(=O)N1Cc1ccc2c(c1)OCO2. The molecule has 192 valence electrons. The lowest BCUT2D eigenvalue weighted by Gasteiger charge is -2.29. The summed E-state index contributed by atoms with van der Waals surface area (Å²) in [5, 5.41) is 26.0. The van der Waals surface area contributed by atoms with Gasteiger partial charge >= 0.3 is 0 Å². The van der Waals surface area contributed by atoms with Crippen molar-refractivity contribution in [3.63, 3.8) is 0 Å². The lowest BCUT2D eigenvalue weighted by atomic mass is 9.76. The van der Waals surface area contributed by atoms with Gasteiger partial charge in [0.15, 0.2) is 23.0 Å². The highest BCUT2D eigenvalue weighted by Gasteiger charge is 2.70. The molecule has 4 N–H and O–H groups in total. The highest BCUT2D eigenvalue weighted by molar-refractivity contribution is 6.15. The van der Waals surface area contributed by atoms with Crippen LogP contribution in [0.15, 0.2) is 60.7 Å². The zero-order valence-corrected chi connectivity index (χ0v) is 20.0. The number of nitrogens with zero attached hydrogens (tertiary/aromatic N) is 1. The average Bonchev–Trinajstić information content (AvgIpc) is 3.63. The Balaban J connectivity index is 1.29. The molecule has 0 aromatic heterocycles. The molecule has 10 nitrogen and oxygen atoms in total. The van der Waals surface area contributed by atoms with Gasteiger partial charge in [-0.1, -0.05) is 30.3 Å². The molecule has 3 aromatic rings. The van der Waals surface area contributed by atoms with Crippen LogP contribution < -0.4 is 20.1 Å². The number of imide groups is 1. The van der Waals surface area contributed by atoms with E-state index in [-0.39, 0.29) is 43.1 Å². The molecule has 38 heavy (non-hydrogen) atoms.